The zero-order valence-corrected chi connectivity index (χ0v) is 31.0. The number of nitrogens with one attached hydrogen (secondary N) is 4. The predicted molar refractivity (Wildman–Crippen MR) is 199 cm³/mol. The summed E-state index contributed by atoms with van der Waals surface area (Å²) < 4.78 is 5.70. The van der Waals surface area contributed by atoms with Gasteiger partial charge in [-0.1, -0.05) is 12.1 Å². The van der Waals surface area contributed by atoms with Gasteiger partial charge in [0.1, 0.15) is 43.9 Å². The van der Waals surface area contributed by atoms with Crippen molar-refractivity contribution in [3.63, 3.8) is 0 Å². The number of hydrogen-bond donors (Lipinski definition) is 5. The number of fused-ring (bicyclic) bond motifs is 2. The van der Waals surface area contributed by atoms with Crippen molar-refractivity contribution in [1.82, 2.24) is 40.2 Å². The molecule has 4 aliphatic heterocycles. The number of carbonyl (C=O) groups is 6. The first kappa shape index (κ1) is 39.0. The first-order valence-corrected chi connectivity index (χ1v) is 19.1. The molecule has 0 bridgehead atoms. The number of aryl methyl sites for hydroxylation is 3. The van der Waals surface area contributed by atoms with Crippen LogP contribution in [0.4, 0.5) is 21.2 Å². The number of aliphatic carboxylic acids is 1. The summed E-state index contributed by atoms with van der Waals surface area (Å²) in [7, 11) is 0. The van der Waals surface area contributed by atoms with E-state index in [0.29, 0.717) is 51.3 Å². The lowest BCUT2D eigenvalue weighted by atomic mass is 10.0. The van der Waals surface area contributed by atoms with Gasteiger partial charge in [0.05, 0.1) is 6.54 Å². The van der Waals surface area contributed by atoms with Crippen molar-refractivity contribution in [2.75, 3.05) is 89.2 Å². The highest BCUT2D eigenvalue weighted by molar-refractivity contribution is 5.88. The Labute approximate surface area is 319 Å². The maximum Gasteiger partial charge on any atom is 0.325 e. The number of unbranched alkanes of at least 4 members (excludes halogenated alkanes) is 1. The van der Waals surface area contributed by atoms with Crippen LogP contribution >= 0.6 is 0 Å². The molecule has 6 rings (SSSR count). The molecule has 2 saturated heterocycles. The van der Waals surface area contributed by atoms with Gasteiger partial charge in [-0.15, -0.1) is 0 Å². The number of aromatic nitrogens is 2. The molecule has 1 unspecified atom stereocenters. The van der Waals surface area contributed by atoms with Crippen LogP contribution in [0.25, 0.3) is 0 Å². The second kappa shape index (κ2) is 18.6. The van der Waals surface area contributed by atoms with Crippen molar-refractivity contribution < 1.29 is 38.6 Å². The molecule has 6 amide bonds. The maximum atomic E-state index is 12.8. The van der Waals surface area contributed by atoms with Gasteiger partial charge in [-0.3, -0.25) is 19.2 Å². The van der Waals surface area contributed by atoms with Gasteiger partial charge in [0.15, 0.2) is 0 Å². The van der Waals surface area contributed by atoms with Crippen LogP contribution in [0.3, 0.4) is 0 Å². The van der Waals surface area contributed by atoms with Gasteiger partial charge in [0.25, 0.3) is 0 Å². The lowest BCUT2D eigenvalue weighted by molar-refractivity contribution is -0.154. The van der Waals surface area contributed by atoms with Crippen molar-refractivity contribution in [1.29, 1.82) is 0 Å². The molecule has 18 heteroatoms. The Balaban J connectivity index is 0.833. The highest BCUT2D eigenvalue weighted by Crippen LogP contribution is 2.23. The number of piperazine rings is 2. The van der Waals surface area contributed by atoms with Crippen molar-refractivity contribution in [3.05, 3.63) is 46.8 Å². The van der Waals surface area contributed by atoms with Crippen LogP contribution in [0.1, 0.15) is 48.2 Å². The van der Waals surface area contributed by atoms with E-state index in [2.05, 4.69) is 38.4 Å². The Morgan fingerprint density at radius 2 is 1.36 bits per heavy atom. The zero-order valence-electron chi connectivity index (χ0n) is 31.0. The summed E-state index contributed by atoms with van der Waals surface area (Å²) in [6.07, 6.45) is 5.96. The van der Waals surface area contributed by atoms with E-state index in [9.17, 15) is 28.8 Å². The molecule has 1 atom stereocenters. The molecule has 4 aliphatic rings. The zero-order chi connectivity index (χ0) is 38.7. The number of rotatable bonds is 14. The van der Waals surface area contributed by atoms with Crippen molar-refractivity contribution in [2.24, 2.45) is 0 Å². The highest BCUT2D eigenvalue weighted by atomic mass is 16.5. The van der Waals surface area contributed by atoms with Gasteiger partial charge in [0.2, 0.25) is 11.8 Å². The lowest BCUT2D eigenvalue weighted by Crippen LogP contribution is -2.55. The van der Waals surface area contributed by atoms with Gasteiger partial charge >= 0.3 is 24.0 Å². The van der Waals surface area contributed by atoms with Crippen LogP contribution in [0.2, 0.25) is 0 Å². The van der Waals surface area contributed by atoms with E-state index in [1.807, 2.05) is 12.1 Å². The number of amides is 6. The molecule has 55 heavy (non-hydrogen) atoms. The number of ether oxygens (including phenoxy) is 1. The van der Waals surface area contributed by atoms with Crippen LogP contribution in [0.5, 0.6) is 0 Å². The number of urea groups is 2. The van der Waals surface area contributed by atoms with E-state index in [1.165, 1.54) is 25.2 Å². The summed E-state index contributed by atoms with van der Waals surface area (Å²) in [5.41, 5.74) is 4.03. The monoisotopic (exact) mass is 762 g/mol. The van der Waals surface area contributed by atoms with Gasteiger partial charge in [0, 0.05) is 63.6 Å². The highest BCUT2D eigenvalue weighted by Gasteiger charge is 2.31. The second-order valence-electron chi connectivity index (χ2n) is 14.2. The number of esters is 1. The Hall–Kier alpha value is -5.68. The van der Waals surface area contributed by atoms with E-state index in [-0.39, 0.29) is 63.8 Å². The number of carboxylic acids is 1. The third-order valence-electron chi connectivity index (χ3n) is 10.1. The molecule has 6 heterocycles. The van der Waals surface area contributed by atoms with Gasteiger partial charge in [-0.2, -0.15) is 0 Å². The first-order chi connectivity index (χ1) is 26.6. The van der Waals surface area contributed by atoms with E-state index in [0.717, 1.165) is 61.4 Å². The van der Waals surface area contributed by atoms with Gasteiger partial charge in [-0.05, 0) is 68.2 Å². The molecule has 2 aromatic rings. The molecule has 0 spiro atoms. The predicted octanol–water partition coefficient (Wildman–Crippen LogP) is 0.462. The molecule has 0 radical (unpaired) electrons. The minimum absolute atomic E-state index is 0.0988. The van der Waals surface area contributed by atoms with E-state index in [1.54, 1.807) is 0 Å². The topological polar surface area (TPSA) is 219 Å². The van der Waals surface area contributed by atoms with Gasteiger partial charge in [-0.25, -0.2) is 19.6 Å². The molecule has 0 aromatic carbocycles. The fraction of sp³-hybridized carbons (Fsp3) is 0.568. The minimum atomic E-state index is -1.09. The third-order valence-corrected chi connectivity index (χ3v) is 10.1. The van der Waals surface area contributed by atoms with Crippen molar-refractivity contribution >= 4 is 47.5 Å². The average molecular weight is 763 g/mol. The SMILES string of the molecule is O=C(O)CN1CCN(C(=O)NCCCc2ccc3c(n2)NCC(OC(=O)CN2CCN(C(=O)NCCCCc4ccc5c(n4)NCCC5)CC2=O)C3)CC1=O. The summed E-state index contributed by atoms with van der Waals surface area (Å²) in [5, 5.41) is 21.2. The number of pyridine rings is 2. The molecule has 18 nitrogen and oxygen atoms in total. The summed E-state index contributed by atoms with van der Waals surface area (Å²) in [6, 6.07) is 7.39. The first-order valence-electron chi connectivity index (χ1n) is 19.1. The van der Waals surface area contributed by atoms with Crippen LogP contribution in [0.15, 0.2) is 24.3 Å². The fourth-order valence-electron chi connectivity index (χ4n) is 7.06. The summed E-state index contributed by atoms with van der Waals surface area (Å²) in [4.78, 5) is 88.8. The standard InChI is InChI=1S/C37H50N10O8/c48-30-21-46(17-15-44(30)23-32(50)51)37(54)40-14-4-7-28-11-9-26-19-29(20-41-35(26)43-28)55-33(52)24-45-16-18-47(22-31(45)49)36(53)39-12-2-1-6-27-10-8-25-5-3-13-38-34(25)42-27/h8-11,29H,1-7,12-24H2,(H,38,42)(H,39,53)(H,40,54)(H,41,43)(H,50,51). The van der Waals surface area contributed by atoms with Crippen LogP contribution in [-0.4, -0.2) is 155 Å². The average Bonchev–Trinajstić information content (AvgIpc) is 3.17. The lowest BCUT2D eigenvalue weighted by Gasteiger charge is -2.34. The minimum Gasteiger partial charge on any atom is -0.480 e. The third kappa shape index (κ3) is 10.9. The molecular weight excluding hydrogens is 712 g/mol. The summed E-state index contributed by atoms with van der Waals surface area (Å²) >= 11 is 0. The van der Waals surface area contributed by atoms with E-state index < -0.39 is 23.9 Å². The number of carbonyl (C=O) groups excluding carboxylic acids is 5. The Bertz CT molecular complexity index is 1760. The van der Waals surface area contributed by atoms with Crippen molar-refractivity contribution in [2.45, 2.75) is 57.5 Å². The molecule has 0 aliphatic carbocycles. The second-order valence-corrected chi connectivity index (χ2v) is 14.2. The quantitative estimate of drug-likeness (QED) is 0.131. The molecule has 0 saturated carbocycles. The summed E-state index contributed by atoms with van der Waals surface area (Å²) in [5.74, 6) is -0.603. The molecule has 2 fully saturated rings. The maximum absolute atomic E-state index is 12.8. The Morgan fingerprint density at radius 1 is 0.764 bits per heavy atom. The normalized spacial score (nSPS) is 18.1. The van der Waals surface area contributed by atoms with Gasteiger partial charge < -0.3 is 50.7 Å². The van der Waals surface area contributed by atoms with Crippen molar-refractivity contribution in [3.8, 4) is 0 Å². The molecule has 5 N–H and O–H groups in total. The number of carboxylic acid groups (broad SMARTS) is 1. The number of hydrogen-bond acceptors (Lipinski definition) is 11. The van der Waals surface area contributed by atoms with E-state index >= 15 is 0 Å². The van der Waals surface area contributed by atoms with Crippen LogP contribution in [-0.2, 0) is 49.6 Å². The van der Waals surface area contributed by atoms with Crippen LogP contribution in [0, 0.1) is 0 Å². The largest absolute Gasteiger partial charge is 0.480 e. The number of anilines is 2. The number of nitrogens with zero attached hydrogens (tertiary/aromatic N) is 6. The van der Waals surface area contributed by atoms with Crippen LogP contribution < -0.4 is 21.3 Å². The molecular formula is C37H50N10O8. The smallest absolute Gasteiger partial charge is 0.325 e. The Kier molecular flexibility index (Phi) is 13.2. The summed E-state index contributed by atoms with van der Waals surface area (Å²) in [6.45, 7) is 2.40. The molecule has 2 aromatic heterocycles. The fourth-order valence-corrected chi connectivity index (χ4v) is 7.06. The van der Waals surface area contributed by atoms with E-state index in [4.69, 9.17) is 14.8 Å². The Morgan fingerprint density at radius 3 is 2.02 bits per heavy atom. The molecule has 296 valence electrons.